The number of rotatable bonds is 3. The molecule has 1 nitrogen and oxygen atoms in total. The zero-order chi connectivity index (χ0) is 11.6. The molecule has 1 rings (SSSR count). The largest absolute Gasteiger partial charge is 0.310 e. The number of hydrogen-bond acceptors (Lipinski definition) is 2. The third kappa shape index (κ3) is 3.35. The van der Waals surface area contributed by atoms with Gasteiger partial charge in [-0.1, -0.05) is 50.9 Å². The molecule has 0 fully saturated rings. The molecule has 0 bridgehead atoms. The second-order valence-corrected chi connectivity index (χ2v) is 6.92. The van der Waals surface area contributed by atoms with Crippen molar-refractivity contribution in [1.29, 1.82) is 0 Å². The Morgan fingerprint density at radius 1 is 1.40 bits per heavy atom. The van der Waals surface area contributed by atoms with E-state index in [9.17, 15) is 0 Å². The van der Waals surface area contributed by atoms with E-state index in [4.69, 9.17) is 23.2 Å². The molecule has 0 aliphatic carbocycles. The fourth-order valence-electron chi connectivity index (χ4n) is 1.64. The van der Waals surface area contributed by atoms with Gasteiger partial charge in [0.05, 0.1) is 8.67 Å². The van der Waals surface area contributed by atoms with Crippen LogP contribution in [0.5, 0.6) is 0 Å². The minimum absolute atomic E-state index is 0.129. The van der Waals surface area contributed by atoms with Crippen molar-refractivity contribution in [3.8, 4) is 0 Å². The molecule has 0 aromatic carbocycles. The first-order valence-electron chi connectivity index (χ1n) is 5.04. The monoisotopic (exact) mass is 265 g/mol. The number of hydrogen-bond donors (Lipinski definition) is 1. The molecule has 0 saturated heterocycles. The van der Waals surface area contributed by atoms with E-state index in [1.165, 1.54) is 11.3 Å². The highest BCUT2D eigenvalue weighted by molar-refractivity contribution is 7.20. The van der Waals surface area contributed by atoms with Crippen LogP contribution in [-0.2, 0) is 0 Å². The summed E-state index contributed by atoms with van der Waals surface area (Å²) in [6, 6.07) is 2.21. The van der Waals surface area contributed by atoms with Crippen molar-refractivity contribution in [3.63, 3.8) is 0 Å². The van der Waals surface area contributed by atoms with Gasteiger partial charge < -0.3 is 5.32 Å². The Morgan fingerprint density at radius 3 is 2.33 bits per heavy atom. The van der Waals surface area contributed by atoms with Crippen LogP contribution in [0.25, 0.3) is 0 Å². The molecule has 0 aliphatic rings. The summed E-state index contributed by atoms with van der Waals surface area (Å²) in [5, 5.41) is 3.46. The molecular weight excluding hydrogens is 249 g/mol. The maximum atomic E-state index is 6.18. The van der Waals surface area contributed by atoms with Crippen molar-refractivity contribution in [2.45, 2.75) is 33.7 Å². The van der Waals surface area contributed by atoms with E-state index >= 15 is 0 Å². The van der Waals surface area contributed by atoms with Crippen molar-refractivity contribution in [2.75, 3.05) is 6.54 Å². The first-order valence-corrected chi connectivity index (χ1v) is 6.61. The SMILES string of the molecule is CCNC(c1cc(Cl)sc1Cl)C(C)(C)C. The first-order chi connectivity index (χ1) is 6.86. The number of halogens is 2. The summed E-state index contributed by atoms with van der Waals surface area (Å²) in [6.45, 7) is 9.61. The van der Waals surface area contributed by atoms with Crippen LogP contribution in [0.3, 0.4) is 0 Å². The van der Waals surface area contributed by atoms with Gasteiger partial charge >= 0.3 is 0 Å². The van der Waals surface area contributed by atoms with Crippen LogP contribution >= 0.6 is 34.5 Å². The van der Waals surface area contributed by atoms with Crippen molar-refractivity contribution >= 4 is 34.5 Å². The van der Waals surface area contributed by atoms with Gasteiger partial charge in [-0.3, -0.25) is 0 Å². The average Bonchev–Trinajstić information content (AvgIpc) is 2.39. The zero-order valence-corrected chi connectivity index (χ0v) is 11.9. The molecular formula is C11H17Cl2NS. The molecule has 0 radical (unpaired) electrons. The van der Waals surface area contributed by atoms with Gasteiger partial charge in [-0.25, -0.2) is 0 Å². The van der Waals surface area contributed by atoms with E-state index in [-0.39, 0.29) is 11.5 Å². The lowest BCUT2D eigenvalue weighted by Gasteiger charge is -2.31. The average molecular weight is 266 g/mol. The lowest BCUT2D eigenvalue weighted by Crippen LogP contribution is -2.32. The predicted octanol–water partition coefficient (Wildman–Crippen LogP) is 4.75. The van der Waals surface area contributed by atoms with Gasteiger partial charge in [0.1, 0.15) is 0 Å². The summed E-state index contributed by atoms with van der Waals surface area (Å²) in [5.41, 5.74) is 1.24. The summed E-state index contributed by atoms with van der Waals surface area (Å²) in [4.78, 5) is 0. The molecule has 1 aromatic heterocycles. The van der Waals surface area contributed by atoms with E-state index in [0.29, 0.717) is 0 Å². The Morgan fingerprint density at radius 2 is 2.00 bits per heavy atom. The molecule has 1 aromatic rings. The molecule has 4 heteroatoms. The highest BCUT2D eigenvalue weighted by Crippen LogP contribution is 2.41. The van der Waals surface area contributed by atoms with Gasteiger partial charge in [0.2, 0.25) is 0 Å². The van der Waals surface area contributed by atoms with Gasteiger partial charge in [-0.2, -0.15) is 0 Å². The summed E-state index contributed by atoms with van der Waals surface area (Å²) < 4.78 is 1.54. The lowest BCUT2D eigenvalue weighted by atomic mass is 9.83. The van der Waals surface area contributed by atoms with E-state index < -0.39 is 0 Å². The predicted molar refractivity (Wildman–Crippen MR) is 70.2 cm³/mol. The van der Waals surface area contributed by atoms with Crippen molar-refractivity contribution in [3.05, 3.63) is 20.3 Å². The number of nitrogens with one attached hydrogen (secondary N) is 1. The quantitative estimate of drug-likeness (QED) is 0.832. The van der Waals surface area contributed by atoms with Crippen LogP contribution in [0.1, 0.15) is 39.3 Å². The molecule has 0 spiro atoms. The summed E-state index contributed by atoms with van der Waals surface area (Å²) in [5.74, 6) is 0. The van der Waals surface area contributed by atoms with Gasteiger partial charge in [0.15, 0.2) is 0 Å². The Balaban J connectivity index is 3.04. The summed E-state index contributed by atoms with van der Waals surface area (Å²) in [6.07, 6.45) is 0. The molecule has 1 atom stereocenters. The second-order valence-electron chi connectivity index (χ2n) is 4.64. The molecule has 0 aliphatic heterocycles. The fourth-order valence-corrected chi connectivity index (χ4v) is 3.17. The molecule has 0 amide bonds. The number of thiophene rings is 1. The third-order valence-electron chi connectivity index (χ3n) is 2.27. The van der Waals surface area contributed by atoms with Crippen LogP contribution in [0.4, 0.5) is 0 Å². The van der Waals surface area contributed by atoms with Gasteiger partial charge in [0.25, 0.3) is 0 Å². The molecule has 1 N–H and O–H groups in total. The van der Waals surface area contributed by atoms with Crippen LogP contribution in [0, 0.1) is 5.41 Å². The van der Waals surface area contributed by atoms with Crippen LogP contribution in [0.2, 0.25) is 8.67 Å². The standard InChI is InChI=1S/C11H17Cl2NS/c1-5-14-9(11(2,3)4)7-6-8(12)15-10(7)13/h6,9,14H,5H2,1-4H3. The van der Waals surface area contributed by atoms with E-state index in [1.807, 2.05) is 6.07 Å². The normalized spacial score (nSPS) is 14.3. The van der Waals surface area contributed by atoms with Crippen LogP contribution in [-0.4, -0.2) is 6.54 Å². The van der Waals surface area contributed by atoms with Crippen molar-refractivity contribution in [1.82, 2.24) is 5.32 Å². The van der Waals surface area contributed by atoms with Gasteiger partial charge in [-0.15, -0.1) is 11.3 Å². The molecule has 1 unspecified atom stereocenters. The molecule has 15 heavy (non-hydrogen) atoms. The van der Waals surface area contributed by atoms with Crippen molar-refractivity contribution < 1.29 is 0 Å². The van der Waals surface area contributed by atoms with E-state index in [1.54, 1.807) is 0 Å². The second kappa shape index (κ2) is 5.05. The molecule has 0 saturated carbocycles. The van der Waals surface area contributed by atoms with E-state index in [0.717, 1.165) is 20.8 Å². The summed E-state index contributed by atoms with van der Waals surface area (Å²) in [7, 11) is 0. The Hall–Kier alpha value is 0.240. The maximum Gasteiger partial charge on any atom is 0.0992 e. The van der Waals surface area contributed by atoms with Gasteiger partial charge in [-0.05, 0) is 18.0 Å². The van der Waals surface area contributed by atoms with Crippen LogP contribution < -0.4 is 5.32 Å². The smallest absolute Gasteiger partial charge is 0.0992 e. The summed E-state index contributed by atoms with van der Waals surface area (Å²) >= 11 is 13.6. The minimum atomic E-state index is 0.129. The topological polar surface area (TPSA) is 12.0 Å². The fraction of sp³-hybridized carbons (Fsp3) is 0.636. The zero-order valence-electron chi connectivity index (χ0n) is 9.53. The molecule has 1 heterocycles. The lowest BCUT2D eigenvalue weighted by molar-refractivity contribution is 0.277. The van der Waals surface area contributed by atoms with E-state index in [2.05, 4.69) is 33.0 Å². The molecule has 86 valence electrons. The van der Waals surface area contributed by atoms with Crippen LogP contribution in [0.15, 0.2) is 6.07 Å². The Bertz CT molecular complexity index is 328. The third-order valence-corrected chi connectivity index (χ3v) is 3.79. The minimum Gasteiger partial charge on any atom is -0.310 e. The highest BCUT2D eigenvalue weighted by atomic mass is 35.5. The highest BCUT2D eigenvalue weighted by Gasteiger charge is 2.28. The van der Waals surface area contributed by atoms with Crippen molar-refractivity contribution in [2.24, 2.45) is 5.41 Å². The van der Waals surface area contributed by atoms with Gasteiger partial charge in [0, 0.05) is 11.6 Å². The first kappa shape index (κ1) is 13.3. The Labute approximate surface area is 106 Å². The Kier molecular flexibility index (Phi) is 4.48. The maximum absolute atomic E-state index is 6.18.